The number of nitrogens with zero attached hydrogens (tertiary/aromatic N) is 2. The lowest BCUT2D eigenvalue weighted by Crippen LogP contribution is -2.40. The second kappa shape index (κ2) is 7.03. The summed E-state index contributed by atoms with van der Waals surface area (Å²) in [6.45, 7) is 4.72. The van der Waals surface area contributed by atoms with E-state index in [1.807, 2.05) is 38.1 Å². The lowest BCUT2D eigenvalue weighted by Gasteiger charge is -2.11. The number of hydrogen-bond acceptors (Lipinski definition) is 5. The maximum atomic E-state index is 12.8. The number of nitrogens with one attached hydrogen (secondary N) is 1. The number of carbonyl (C=O) groups excluding carboxylic acids is 1. The maximum absolute atomic E-state index is 12.8. The number of allylic oxidation sites excluding steroid dienone is 1. The molecule has 0 spiro atoms. The Morgan fingerprint density at radius 1 is 1.15 bits per heavy atom. The molecule has 1 aromatic heterocycles. The normalized spacial score (nSPS) is 14.4. The monoisotopic (exact) mass is 355 g/mol. The SMILES string of the molecule is CCCn1c2c(c(=O)n(C)c1=O)C(=O)/C(=C/c1ccccc1OCC)N2. The van der Waals surface area contributed by atoms with Gasteiger partial charge in [0, 0.05) is 19.2 Å². The number of hydrogen-bond donors (Lipinski definition) is 1. The molecule has 0 radical (unpaired) electrons. The number of anilines is 1. The van der Waals surface area contributed by atoms with Gasteiger partial charge in [-0.15, -0.1) is 0 Å². The Labute approximate surface area is 150 Å². The standard InChI is InChI=1S/C19H21N3O4/c1-4-10-22-17-15(18(24)21(3)19(22)25)16(23)13(20-17)11-12-8-6-7-9-14(12)26-5-2/h6-9,11,20H,4-5,10H2,1-3H3/b13-11-. The molecule has 26 heavy (non-hydrogen) atoms. The molecule has 1 N–H and O–H groups in total. The van der Waals surface area contributed by atoms with E-state index in [9.17, 15) is 14.4 Å². The van der Waals surface area contributed by atoms with Crippen LogP contribution in [0, 0.1) is 0 Å². The van der Waals surface area contributed by atoms with E-state index in [2.05, 4.69) is 5.32 Å². The first kappa shape index (κ1) is 17.7. The molecule has 0 saturated carbocycles. The van der Waals surface area contributed by atoms with Gasteiger partial charge < -0.3 is 10.1 Å². The molecule has 0 saturated heterocycles. The number of rotatable bonds is 5. The summed E-state index contributed by atoms with van der Waals surface area (Å²) in [7, 11) is 1.39. The van der Waals surface area contributed by atoms with Crippen molar-refractivity contribution in [1.82, 2.24) is 9.13 Å². The largest absolute Gasteiger partial charge is 0.493 e. The number of aromatic nitrogens is 2. The van der Waals surface area contributed by atoms with E-state index in [1.54, 1.807) is 6.08 Å². The van der Waals surface area contributed by atoms with Gasteiger partial charge in [-0.1, -0.05) is 25.1 Å². The van der Waals surface area contributed by atoms with Crippen LogP contribution < -0.4 is 21.3 Å². The lowest BCUT2D eigenvalue weighted by molar-refractivity contribution is 0.104. The third-order valence-corrected chi connectivity index (χ3v) is 4.23. The number of ether oxygens (including phenoxy) is 1. The minimum Gasteiger partial charge on any atom is -0.493 e. The first-order valence-electron chi connectivity index (χ1n) is 8.58. The topological polar surface area (TPSA) is 82.3 Å². The van der Waals surface area contributed by atoms with Crippen LogP contribution in [0.2, 0.25) is 0 Å². The van der Waals surface area contributed by atoms with Crippen LogP contribution in [0.3, 0.4) is 0 Å². The van der Waals surface area contributed by atoms with Crippen molar-refractivity contribution in [2.75, 3.05) is 11.9 Å². The molecule has 7 heteroatoms. The zero-order valence-corrected chi connectivity index (χ0v) is 15.0. The molecule has 0 atom stereocenters. The van der Waals surface area contributed by atoms with Gasteiger partial charge in [-0.2, -0.15) is 0 Å². The van der Waals surface area contributed by atoms with Gasteiger partial charge in [-0.25, -0.2) is 4.79 Å². The van der Waals surface area contributed by atoms with Crippen LogP contribution in [0.1, 0.15) is 36.2 Å². The van der Waals surface area contributed by atoms with E-state index in [0.29, 0.717) is 25.3 Å². The molecule has 0 unspecified atom stereocenters. The van der Waals surface area contributed by atoms with Crippen molar-refractivity contribution in [3.63, 3.8) is 0 Å². The van der Waals surface area contributed by atoms with Crippen molar-refractivity contribution in [2.45, 2.75) is 26.8 Å². The Hall–Kier alpha value is -3.09. The predicted molar refractivity (Wildman–Crippen MR) is 99.8 cm³/mol. The molecule has 1 aliphatic rings. The van der Waals surface area contributed by atoms with Crippen LogP contribution in [-0.4, -0.2) is 21.5 Å². The van der Waals surface area contributed by atoms with Gasteiger partial charge in [0.15, 0.2) is 0 Å². The van der Waals surface area contributed by atoms with E-state index >= 15 is 0 Å². The minimum absolute atomic E-state index is 0.000640. The van der Waals surface area contributed by atoms with Gasteiger partial charge >= 0.3 is 5.69 Å². The molecule has 0 aliphatic carbocycles. The number of benzene rings is 1. The van der Waals surface area contributed by atoms with Gasteiger partial charge in [0.25, 0.3) is 5.56 Å². The first-order valence-corrected chi connectivity index (χ1v) is 8.58. The van der Waals surface area contributed by atoms with Crippen LogP contribution in [0.15, 0.2) is 39.6 Å². The van der Waals surface area contributed by atoms with Gasteiger partial charge in [0.05, 0.1) is 12.3 Å². The fourth-order valence-corrected chi connectivity index (χ4v) is 3.00. The van der Waals surface area contributed by atoms with E-state index in [0.717, 1.165) is 10.1 Å². The van der Waals surface area contributed by atoms with Crippen molar-refractivity contribution < 1.29 is 9.53 Å². The molecule has 3 rings (SSSR count). The van der Waals surface area contributed by atoms with E-state index in [1.165, 1.54) is 11.6 Å². The average molecular weight is 355 g/mol. The molecule has 2 heterocycles. The summed E-state index contributed by atoms with van der Waals surface area (Å²) in [5, 5.41) is 2.97. The lowest BCUT2D eigenvalue weighted by atomic mass is 10.1. The summed E-state index contributed by atoms with van der Waals surface area (Å²) in [5.41, 5.74) is -0.0529. The highest BCUT2D eigenvalue weighted by molar-refractivity contribution is 6.19. The predicted octanol–water partition coefficient (Wildman–Crippen LogP) is 2.00. The minimum atomic E-state index is -0.587. The van der Waals surface area contributed by atoms with Crippen molar-refractivity contribution in [3.8, 4) is 5.75 Å². The summed E-state index contributed by atoms with van der Waals surface area (Å²) in [5.74, 6) is 0.494. The Bertz CT molecular complexity index is 1010. The van der Waals surface area contributed by atoms with Crippen molar-refractivity contribution in [2.24, 2.45) is 7.05 Å². The number of fused-ring (bicyclic) bond motifs is 1. The van der Waals surface area contributed by atoms with Crippen molar-refractivity contribution in [1.29, 1.82) is 0 Å². The third kappa shape index (κ3) is 2.85. The highest BCUT2D eigenvalue weighted by Crippen LogP contribution is 2.28. The fourth-order valence-electron chi connectivity index (χ4n) is 3.00. The summed E-state index contributed by atoms with van der Waals surface area (Å²) in [4.78, 5) is 37.6. The van der Waals surface area contributed by atoms with Crippen molar-refractivity contribution in [3.05, 3.63) is 61.9 Å². The smallest absolute Gasteiger partial charge is 0.332 e. The van der Waals surface area contributed by atoms with E-state index in [-0.39, 0.29) is 17.1 Å². The number of para-hydroxylation sites is 1. The average Bonchev–Trinajstić information content (AvgIpc) is 2.95. The first-order chi connectivity index (χ1) is 12.5. The zero-order chi connectivity index (χ0) is 18.8. The van der Waals surface area contributed by atoms with Gasteiger partial charge in [-0.05, 0) is 25.5 Å². The molecule has 0 bridgehead atoms. The Kier molecular flexibility index (Phi) is 4.79. The molecule has 1 aromatic carbocycles. The van der Waals surface area contributed by atoms with Gasteiger partial charge in [0.2, 0.25) is 5.78 Å². The molecule has 136 valence electrons. The third-order valence-electron chi connectivity index (χ3n) is 4.23. The van der Waals surface area contributed by atoms with Crippen molar-refractivity contribution >= 4 is 17.7 Å². The van der Waals surface area contributed by atoms with Crippen LogP contribution in [0.5, 0.6) is 5.75 Å². The number of ketones is 1. The van der Waals surface area contributed by atoms with Gasteiger partial charge in [-0.3, -0.25) is 18.7 Å². The zero-order valence-electron chi connectivity index (χ0n) is 15.0. The molecule has 0 fully saturated rings. The van der Waals surface area contributed by atoms with Crippen LogP contribution >= 0.6 is 0 Å². The van der Waals surface area contributed by atoms with Crippen LogP contribution in [0.25, 0.3) is 6.08 Å². The van der Waals surface area contributed by atoms with Gasteiger partial charge in [0.1, 0.15) is 17.1 Å². The molecule has 2 aromatic rings. The molecule has 1 aliphatic heterocycles. The fraction of sp³-hybridized carbons (Fsp3) is 0.316. The molecular weight excluding hydrogens is 334 g/mol. The molecular formula is C19H21N3O4. The van der Waals surface area contributed by atoms with Crippen LogP contribution in [0.4, 0.5) is 5.82 Å². The Morgan fingerprint density at radius 3 is 2.58 bits per heavy atom. The second-order valence-electron chi connectivity index (χ2n) is 6.00. The number of Topliss-reactive ketones (excluding diaryl/α,β-unsaturated/α-hetero) is 1. The summed E-state index contributed by atoms with van der Waals surface area (Å²) >= 11 is 0. The molecule has 7 nitrogen and oxygen atoms in total. The highest BCUT2D eigenvalue weighted by Gasteiger charge is 2.32. The van der Waals surface area contributed by atoms with E-state index < -0.39 is 17.0 Å². The Balaban J connectivity index is 2.14. The highest BCUT2D eigenvalue weighted by atomic mass is 16.5. The summed E-state index contributed by atoms with van der Waals surface area (Å²) in [6, 6.07) is 7.33. The quantitative estimate of drug-likeness (QED) is 0.830. The summed E-state index contributed by atoms with van der Waals surface area (Å²) < 4.78 is 7.99. The number of carbonyl (C=O) groups is 1. The van der Waals surface area contributed by atoms with Crippen LogP contribution in [-0.2, 0) is 13.6 Å². The second-order valence-corrected chi connectivity index (χ2v) is 6.00. The summed E-state index contributed by atoms with van der Waals surface area (Å²) in [6.07, 6.45) is 2.35. The Morgan fingerprint density at radius 2 is 1.88 bits per heavy atom. The maximum Gasteiger partial charge on any atom is 0.332 e. The molecule has 0 amide bonds. The van der Waals surface area contributed by atoms with E-state index in [4.69, 9.17) is 4.74 Å².